The van der Waals surface area contributed by atoms with Gasteiger partial charge < -0.3 is 10.2 Å². The second kappa shape index (κ2) is 10.1. The van der Waals surface area contributed by atoms with Crippen LogP contribution in [-0.2, 0) is 4.79 Å². The van der Waals surface area contributed by atoms with Crippen LogP contribution in [0.3, 0.4) is 0 Å². The van der Waals surface area contributed by atoms with Crippen molar-refractivity contribution >= 4 is 29.4 Å². The SMILES string of the molecule is CC(C)(C)C1=NC(C2CCC(Cl)CC2)C(C2CCCC(C(F)(F)F)C2)N1C(=O)N1CCNC(=O)C1. The first-order valence-corrected chi connectivity index (χ1v) is 13.4. The number of urea groups is 1. The van der Waals surface area contributed by atoms with E-state index in [0.717, 1.165) is 25.7 Å². The van der Waals surface area contributed by atoms with Crippen LogP contribution in [-0.4, -0.2) is 70.8 Å². The second-order valence-corrected chi connectivity index (χ2v) is 12.4. The van der Waals surface area contributed by atoms with Crippen LogP contribution in [0.2, 0.25) is 0 Å². The molecule has 0 aromatic heterocycles. The minimum atomic E-state index is -4.24. The number of carbonyl (C=O) groups is 2. The lowest BCUT2D eigenvalue weighted by Crippen LogP contribution is -2.60. The monoisotopic (exact) mass is 518 g/mol. The summed E-state index contributed by atoms with van der Waals surface area (Å²) in [5, 5.41) is 2.86. The van der Waals surface area contributed by atoms with E-state index in [4.69, 9.17) is 16.6 Å². The lowest BCUT2D eigenvalue weighted by atomic mass is 9.71. The molecular formula is C25H38ClF3N4O2. The molecule has 3 amide bonds. The first kappa shape index (κ1) is 26.6. The van der Waals surface area contributed by atoms with Gasteiger partial charge in [-0.25, -0.2) is 4.79 Å². The largest absolute Gasteiger partial charge is 0.391 e. The Morgan fingerprint density at radius 3 is 2.34 bits per heavy atom. The number of amides is 3. The third-order valence-electron chi connectivity index (χ3n) is 8.18. The molecule has 2 aliphatic heterocycles. The summed E-state index contributed by atoms with van der Waals surface area (Å²) < 4.78 is 41.3. The number of alkyl halides is 4. The molecule has 1 N–H and O–H groups in total. The molecule has 0 bridgehead atoms. The Labute approximate surface area is 211 Å². The highest BCUT2D eigenvalue weighted by atomic mass is 35.5. The zero-order valence-corrected chi connectivity index (χ0v) is 21.7. The predicted molar refractivity (Wildman–Crippen MR) is 129 cm³/mol. The van der Waals surface area contributed by atoms with Gasteiger partial charge >= 0.3 is 12.2 Å². The van der Waals surface area contributed by atoms with Crippen molar-refractivity contribution < 1.29 is 22.8 Å². The van der Waals surface area contributed by atoms with Crippen molar-refractivity contribution in [3.8, 4) is 0 Å². The summed E-state index contributed by atoms with van der Waals surface area (Å²) in [5.41, 5.74) is -0.470. The second-order valence-electron chi connectivity index (χ2n) is 11.8. The molecule has 1 saturated heterocycles. The molecular weight excluding hydrogens is 481 g/mol. The Balaban J connectivity index is 1.71. The van der Waals surface area contributed by atoms with Crippen molar-refractivity contribution in [2.45, 2.75) is 95.8 Å². The van der Waals surface area contributed by atoms with Crippen LogP contribution >= 0.6 is 11.6 Å². The third-order valence-corrected chi connectivity index (χ3v) is 8.61. The van der Waals surface area contributed by atoms with Crippen LogP contribution < -0.4 is 5.32 Å². The third kappa shape index (κ3) is 5.75. The fourth-order valence-corrected chi connectivity index (χ4v) is 6.68. The number of hydrogen-bond acceptors (Lipinski definition) is 3. The average molecular weight is 519 g/mol. The summed E-state index contributed by atoms with van der Waals surface area (Å²) in [6, 6.07) is -0.974. The number of nitrogens with one attached hydrogen (secondary N) is 1. The van der Waals surface area contributed by atoms with Crippen LogP contribution in [0.1, 0.15) is 72.1 Å². The molecule has 0 aromatic rings. The van der Waals surface area contributed by atoms with Gasteiger partial charge in [-0.2, -0.15) is 13.2 Å². The first-order chi connectivity index (χ1) is 16.4. The highest BCUT2D eigenvalue weighted by molar-refractivity contribution is 6.20. The molecule has 2 heterocycles. The van der Waals surface area contributed by atoms with Gasteiger partial charge in [0.05, 0.1) is 18.0 Å². The van der Waals surface area contributed by atoms with Crippen molar-refractivity contribution in [2.24, 2.45) is 28.2 Å². The molecule has 10 heteroatoms. The summed E-state index contributed by atoms with van der Waals surface area (Å²) in [7, 11) is 0. The van der Waals surface area contributed by atoms with E-state index >= 15 is 0 Å². The number of nitrogens with zero attached hydrogens (tertiary/aromatic N) is 3. The van der Waals surface area contributed by atoms with Crippen molar-refractivity contribution in [3.63, 3.8) is 0 Å². The molecule has 3 fully saturated rings. The number of piperazine rings is 1. The molecule has 198 valence electrons. The number of halogens is 4. The topological polar surface area (TPSA) is 65.0 Å². The van der Waals surface area contributed by atoms with E-state index in [1.807, 2.05) is 20.8 Å². The van der Waals surface area contributed by atoms with E-state index in [1.165, 1.54) is 4.90 Å². The Kier molecular flexibility index (Phi) is 7.66. The number of carbonyl (C=O) groups excluding carboxylic acids is 2. The molecule has 6 nitrogen and oxygen atoms in total. The molecule has 4 atom stereocenters. The summed E-state index contributed by atoms with van der Waals surface area (Å²) >= 11 is 6.37. The molecule has 0 aromatic carbocycles. The molecule has 35 heavy (non-hydrogen) atoms. The number of rotatable bonds is 2. The van der Waals surface area contributed by atoms with E-state index in [0.29, 0.717) is 31.8 Å². The van der Waals surface area contributed by atoms with E-state index in [1.54, 1.807) is 4.90 Å². The van der Waals surface area contributed by atoms with E-state index in [9.17, 15) is 22.8 Å². The van der Waals surface area contributed by atoms with E-state index < -0.39 is 23.6 Å². The molecule has 4 rings (SSSR count). The molecule has 0 radical (unpaired) electrons. The minimum Gasteiger partial charge on any atom is -0.353 e. The molecule has 2 saturated carbocycles. The molecule has 4 aliphatic rings. The van der Waals surface area contributed by atoms with E-state index in [2.05, 4.69) is 5.32 Å². The summed E-state index contributed by atoms with van der Waals surface area (Å²) in [5.74, 6) is -1.05. The summed E-state index contributed by atoms with van der Waals surface area (Å²) in [6.07, 6.45) is 0.490. The van der Waals surface area contributed by atoms with Crippen LogP contribution in [0.15, 0.2) is 4.99 Å². The molecule has 4 unspecified atom stereocenters. The Bertz CT molecular complexity index is 836. The number of hydrogen-bond donors (Lipinski definition) is 1. The summed E-state index contributed by atoms with van der Waals surface area (Å²) in [4.78, 5) is 34.4. The fourth-order valence-electron chi connectivity index (χ4n) is 6.43. The lowest BCUT2D eigenvalue weighted by Gasteiger charge is -2.44. The standard InChI is InChI=1S/C25H38ClF3N4O2/c1-24(2,3)22-31-20(15-7-9-18(26)10-8-15)21(16-5-4-6-17(13-16)25(27,28)29)33(22)23(35)32-12-11-30-19(34)14-32/h15-18,20-21H,4-14H2,1-3H3,(H,30,34). The van der Waals surface area contributed by atoms with Crippen LogP contribution in [0.4, 0.5) is 18.0 Å². The molecule has 2 aliphatic carbocycles. The maximum absolute atomic E-state index is 14.0. The maximum Gasteiger partial charge on any atom is 0.391 e. The highest BCUT2D eigenvalue weighted by Gasteiger charge is 2.53. The van der Waals surface area contributed by atoms with Crippen LogP contribution in [0.5, 0.6) is 0 Å². The summed E-state index contributed by atoms with van der Waals surface area (Å²) in [6.45, 7) is 6.67. The van der Waals surface area contributed by atoms with Gasteiger partial charge in [-0.15, -0.1) is 11.6 Å². The number of aliphatic imine (C=N–C) groups is 1. The van der Waals surface area contributed by atoms with Gasteiger partial charge in [-0.05, 0) is 56.8 Å². The number of amidine groups is 1. The molecule has 0 spiro atoms. The Morgan fingerprint density at radius 1 is 1.06 bits per heavy atom. The van der Waals surface area contributed by atoms with Crippen molar-refractivity contribution in [2.75, 3.05) is 19.6 Å². The van der Waals surface area contributed by atoms with Gasteiger partial charge in [0.2, 0.25) is 5.91 Å². The lowest BCUT2D eigenvalue weighted by molar-refractivity contribution is -0.187. The smallest absolute Gasteiger partial charge is 0.353 e. The predicted octanol–water partition coefficient (Wildman–Crippen LogP) is 5.20. The Morgan fingerprint density at radius 2 is 1.74 bits per heavy atom. The van der Waals surface area contributed by atoms with Gasteiger partial charge in [0.25, 0.3) is 0 Å². The van der Waals surface area contributed by atoms with Gasteiger partial charge in [0.15, 0.2) is 0 Å². The highest BCUT2D eigenvalue weighted by Crippen LogP contribution is 2.47. The van der Waals surface area contributed by atoms with Gasteiger partial charge in [0.1, 0.15) is 12.4 Å². The van der Waals surface area contributed by atoms with Gasteiger partial charge in [0, 0.05) is 23.9 Å². The van der Waals surface area contributed by atoms with Crippen LogP contribution in [0, 0.1) is 23.2 Å². The normalized spacial score (nSPS) is 35.1. The minimum absolute atomic E-state index is 0.0206. The van der Waals surface area contributed by atoms with E-state index in [-0.39, 0.29) is 54.6 Å². The van der Waals surface area contributed by atoms with Crippen molar-refractivity contribution in [1.82, 2.24) is 15.1 Å². The maximum atomic E-state index is 14.0. The van der Waals surface area contributed by atoms with Gasteiger partial charge in [-0.1, -0.05) is 27.2 Å². The average Bonchev–Trinajstić information content (AvgIpc) is 3.20. The van der Waals surface area contributed by atoms with Gasteiger partial charge in [-0.3, -0.25) is 14.7 Å². The fraction of sp³-hybridized carbons (Fsp3) is 0.880. The van der Waals surface area contributed by atoms with Crippen molar-refractivity contribution in [3.05, 3.63) is 0 Å². The quantitative estimate of drug-likeness (QED) is 0.510. The van der Waals surface area contributed by atoms with Crippen molar-refractivity contribution in [1.29, 1.82) is 0 Å². The Hall–Kier alpha value is -1.51. The van der Waals surface area contributed by atoms with Crippen LogP contribution in [0.25, 0.3) is 0 Å². The zero-order chi connectivity index (χ0) is 25.5. The zero-order valence-electron chi connectivity index (χ0n) is 20.9. The first-order valence-electron chi connectivity index (χ1n) is 13.0.